The topological polar surface area (TPSA) is 140 Å². The van der Waals surface area contributed by atoms with E-state index >= 15 is 0 Å². The minimum absolute atomic E-state index is 0.663. The zero-order chi connectivity index (χ0) is 93.6. The first-order valence-corrected chi connectivity index (χ1v) is 43.7. The van der Waals surface area contributed by atoms with Gasteiger partial charge in [0.25, 0.3) is 0 Å². The van der Waals surface area contributed by atoms with Crippen LogP contribution in [0.3, 0.4) is 0 Å². The molecule has 0 radical (unpaired) electrons. The number of carbonyl (C=O) groups excluding carboxylic acids is 6. The van der Waals surface area contributed by atoms with Gasteiger partial charge in [0.2, 0.25) is 0 Å². The average Bonchev–Trinajstić information content (AvgIpc) is 0.776. The third kappa shape index (κ3) is 25.9. The van der Waals surface area contributed by atoms with Gasteiger partial charge >= 0.3 is 0 Å². The zero-order valence-electron chi connectivity index (χ0n) is 75.4. The molecule has 0 heterocycles. The van der Waals surface area contributed by atoms with E-state index in [9.17, 15) is 28.8 Å². The molecule has 0 amide bonds. The molecule has 0 saturated heterocycles. The van der Waals surface area contributed by atoms with E-state index in [0.717, 1.165) is 152 Å². The standard InChI is InChI=1S/C21H19NO.2C20H17NO2.2C20H17NO.C19H15NO/c1-16-3-9-19(10-4-16)22(20-11-5-17(2)6-12-20)21-13-7-18(15-23)8-14-21;2*1-23-20-13-11-19(12-14-20)21(17-5-3-2-4-6-17)18-9-7-16(15-22)8-10-18;2*1-16-7-11-19(12-8-16)21(18-5-3-2-4-6-18)20-13-9-17(15-22)10-14-20;21-15-16-11-13-19(14-12-16)20(17-7-3-1-4-8-17)18-9-5-2-6-10-18/h3-15H,1-2H3;2*2-15H,1H3;2*2-15H,1H3;1-15H. The first-order valence-electron chi connectivity index (χ1n) is 43.7. The summed E-state index contributed by atoms with van der Waals surface area (Å²) < 4.78 is 10.5. The Morgan fingerprint density at radius 3 is 0.358 bits per heavy atom. The Morgan fingerprint density at radius 1 is 0.142 bits per heavy atom. The SMILES string of the molecule is COc1ccc(N(c2ccccc2)c2ccc(C=O)cc2)cc1.COc1ccc(N(c2ccccc2)c2ccc(C=O)cc2)cc1.Cc1ccc(N(c2ccc(C)cc2)c2ccc(C=O)cc2)cc1.Cc1ccc(N(c2ccccc2)c2ccc(C=O)cc2)cc1.Cc1ccc(N(c2ccccc2)c2ccc(C=O)cc2)cc1.O=Cc1ccc(N(c2ccccc2)c2ccccc2)cc1. The highest BCUT2D eigenvalue weighted by Gasteiger charge is 2.19. The van der Waals surface area contributed by atoms with Crippen molar-refractivity contribution in [3.8, 4) is 11.5 Å². The third-order valence-corrected chi connectivity index (χ3v) is 21.6. The summed E-state index contributed by atoms with van der Waals surface area (Å²) in [5, 5.41) is 0. The maximum absolute atomic E-state index is 10.9. The summed E-state index contributed by atoms with van der Waals surface area (Å²) >= 11 is 0. The molecular weight excluding hydrogens is 1650 g/mol. The number of hydrogen-bond acceptors (Lipinski definition) is 14. The Labute approximate surface area is 785 Å². The van der Waals surface area contributed by atoms with E-state index < -0.39 is 0 Å². The van der Waals surface area contributed by atoms with Crippen LogP contribution in [0.25, 0.3) is 0 Å². The van der Waals surface area contributed by atoms with Gasteiger partial charge in [0.1, 0.15) is 49.2 Å². The maximum atomic E-state index is 10.9. The van der Waals surface area contributed by atoms with Gasteiger partial charge in [-0.3, -0.25) is 28.8 Å². The second-order valence-corrected chi connectivity index (χ2v) is 31.0. The van der Waals surface area contributed by atoms with E-state index in [0.29, 0.717) is 33.4 Å². The smallest absolute Gasteiger partial charge is 0.150 e. The molecule has 0 spiro atoms. The number of hydrogen-bond donors (Lipinski definition) is 0. The summed E-state index contributed by atoms with van der Waals surface area (Å²) in [6.45, 7) is 8.32. The molecule has 18 rings (SSSR count). The highest BCUT2D eigenvalue weighted by molar-refractivity contribution is 5.87. The fraction of sp³-hybridized carbons (Fsp3) is 0.0500. The van der Waals surface area contributed by atoms with Gasteiger partial charge in [-0.15, -0.1) is 0 Å². The van der Waals surface area contributed by atoms with Crippen LogP contribution >= 0.6 is 0 Å². The normalized spacial score (nSPS) is 10.2. The minimum atomic E-state index is 0.663. The molecule has 14 nitrogen and oxygen atoms in total. The van der Waals surface area contributed by atoms with Gasteiger partial charge in [-0.2, -0.15) is 0 Å². The van der Waals surface area contributed by atoms with Crippen LogP contribution in [0.15, 0.2) is 473 Å². The molecule has 134 heavy (non-hydrogen) atoms. The minimum Gasteiger partial charge on any atom is -0.497 e. The Balaban J connectivity index is 0.000000136. The van der Waals surface area contributed by atoms with Gasteiger partial charge in [-0.1, -0.05) is 180 Å². The molecule has 0 fully saturated rings. The van der Waals surface area contributed by atoms with Crippen LogP contribution in [0.1, 0.15) is 84.4 Å². The number of aryl methyl sites for hydroxylation is 4. The third-order valence-electron chi connectivity index (χ3n) is 21.6. The highest BCUT2D eigenvalue weighted by Crippen LogP contribution is 2.42. The second kappa shape index (κ2) is 48.5. The largest absolute Gasteiger partial charge is 0.497 e. The summed E-state index contributed by atoms with van der Waals surface area (Å²) in [4.78, 5) is 78.1. The molecule has 14 heteroatoms. The average molecular weight is 1760 g/mol. The number of aldehydes is 6. The molecule has 18 aromatic rings. The van der Waals surface area contributed by atoms with Crippen molar-refractivity contribution in [3.63, 3.8) is 0 Å². The van der Waals surface area contributed by atoms with E-state index in [1.165, 1.54) is 22.3 Å². The Hall–Kier alpha value is -17.6. The summed E-state index contributed by atoms with van der Waals surface area (Å²) in [6.07, 6.45) is 5.16. The fourth-order valence-corrected chi connectivity index (χ4v) is 14.6. The van der Waals surface area contributed by atoms with Gasteiger partial charge in [-0.05, 0) is 343 Å². The lowest BCUT2D eigenvalue weighted by Gasteiger charge is -2.25. The number of nitrogens with zero attached hydrogens (tertiary/aromatic N) is 6. The fourth-order valence-electron chi connectivity index (χ4n) is 14.6. The van der Waals surface area contributed by atoms with Crippen molar-refractivity contribution < 1.29 is 38.2 Å². The highest BCUT2D eigenvalue weighted by atomic mass is 16.5. The number of para-hydroxylation sites is 6. The summed E-state index contributed by atoms with van der Waals surface area (Å²) in [5.74, 6) is 1.64. The summed E-state index contributed by atoms with van der Waals surface area (Å²) in [5.41, 5.74) is 27.9. The van der Waals surface area contributed by atoms with Crippen LogP contribution in [0, 0.1) is 27.7 Å². The van der Waals surface area contributed by atoms with Crippen molar-refractivity contribution >= 4 is 140 Å². The van der Waals surface area contributed by atoms with Crippen molar-refractivity contribution in [3.05, 3.63) is 529 Å². The van der Waals surface area contributed by atoms with E-state index in [-0.39, 0.29) is 0 Å². The molecule has 0 aromatic heterocycles. The van der Waals surface area contributed by atoms with E-state index in [1.807, 2.05) is 303 Å². The lowest BCUT2D eigenvalue weighted by atomic mass is 10.1. The predicted molar refractivity (Wildman–Crippen MR) is 551 cm³/mol. The van der Waals surface area contributed by atoms with Crippen LogP contribution in [0.2, 0.25) is 0 Å². The first-order chi connectivity index (χ1) is 65.7. The quantitative estimate of drug-likeness (QED) is 0.0475. The van der Waals surface area contributed by atoms with Crippen LogP contribution < -0.4 is 38.9 Å². The molecule has 18 aromatic carbocycles. The molecule has 0 N–H and O–H groups in total. The number of benzene rings is 18. The Morgan fingerprint density at radius 2 is 0.246 bits per heavy atom. The van der Waals surface area contributed by atoms with Crippen LogP contribution in [0.5, 0.6) is 11.5 Å². The number of ether oxygens (including phenoxy) is 2. The predicted octanol–water partition coefficient (Wildman–Crippen LogP) is 31.1. The molecule has 0 atom stereocenters. The van der Waals surface area contributed by atoms with Gasteiger partial charge in [0.15, 0.2) is 0 Å². The molecule has 0 unspecified atom stereocenters. The number of rotatable bonds is 26. The lowest BCUT2D eigenvalue weighted by Crippen LogP contribution is -2.09. The maximum Gasteiger partial charge on any atom is 0.150 e. The molecule has 660 valence electrons. The van der Waals surface area contributed by atoms with Crippen molar-refractivity contribution in [2.75, 3.05) is 43.6 Å². The van der Waals surface area contributed by atoms with E-state index in [4.69, 9.17) is 9.47 Å². The van der Waals surface area contributed by atoms with Crippen molar-refractivity contribution in [2.24, 2.45) is 0 Å². The monoisotopic (exact) mass is 1750 g/mol. The molecular formula is C120H102N6O8. The number of carbonyl (C=O) groups is 6. The Kier molecular flexibility index (Phi) is 34.0. The summed E-state index contributed by atoms with van der Waals surface area (Å²) in [6, 6.07) is 156. The molecule has 0 saturated carbocycles. The Bertz CT molecular complexity index is 6280. The van der Waals surface area contributed by atoms with Gasteiger partial charge in [0.05, 0.1) is 14.2 Å². The van der Waals surface area contributed by atoms with Crippen molar-refractivity contribution in [1.82, 2.24) is 0 Å². The van der Waals surface area contributed by atoms with Gasteiger partial charge < -0.3 is 38.9 Å². The van der Waals surface area contributed by atoms with Crippen LogP contribution in [-0.4, -0.2) is 51.9 Å². The molecule has 0 bridgehead atoms. The van der Waals surface area contributed by atoms with E-state index in [1.54, 1.807) is 14.2 Å². The van der Waals surface area contributed by atoms with Crippen LogP contribution in [-0.2, 0) is 0 Å². The lowest BCUT2D eigenvalue weighted by molar-refractivity contribution is 0.111. The molecule has 0 aliphatic carbocycles. The van der Waals surface area contributed by atoms with Gasteiger partial charge in [-0.25, -0.2) is 0 Å². The number of methoxy groups -OCH3 is 2. The van der Waals surface area contributed by atoms with Crippen molar-refractivity contribution in [1.29, 1.82) is 0 Å². The van der Waals surface area contributed by atoms with E-state index in [2.05, 4.69) is 227 Å². The first kappa shape index (κ1) is 94.0. The molecule has 0 aliphatic rings. The zero-order valence-corrected chi connectivity index (χ0v) is 75.4. The van der Waals surface area contributed by atoms with Gasteiger partial charge in [0, 0.05) is 136 Å². The number of anilines is 18. The molecule has 0 aliphatic heterocycles. The van der Waals surface area contributed by atoms with Crippen LogP contribution in [0.4, 0.5) is 102 Å². The van der Waals surface area contributed by atoms with Crippen molar-refractivity contribution in [2.45, 2.75) is 27.7 Å². The summed E-state index contributed by atoms with van der Waals surface area (Å²) in [7, 11) is 3.31. The second-order valence-electron chi connectivity index (χ2n) is 31.0.